The average molecular weight is 372 g/mol. The van der Waals surface area contributed by atoms with Crippen LogP contribution < -0.4 is 10.5 Å². The molecular formula is C18H16N2O5S. The molecule has 8 heteroatoms. The Labute approximate surface area is 151 Å². The molecule has 0 aliphatic heterocycles. The second kappa shape index (κ2) is 8.29. The van der Waals surface area contributed by atoms with Crippen molar-refractivity contribution in [3.63, 3.8) is 0 Å². The van der Waals surface area contributed by atoms with Gasteiger partial charge in [-0.05, 0) is 48.5 Å². The Bertz CT molecular complexity index is 969. The highest BCUT2D eigenvalue weighted by molar-refractivity contribution is 7.89. The summed E-state index contributed by atoms with van der Waals surface area (Å²) in [5.74, 6) is 4.38. The number of nitrogens with one attached hydrogen (secondary N) is 1. The summed E-state index contributed by atoms with van der Waals surface area (Å²) in [6.45, 7) is -0.0986. The van der Waals surface area contributed by atoms with E-state index in [0.717, 1.165) is 0 Å². The molecule has 3 N–H and O–H groups in total. The molecule has 2 aromatic carbocycles. The van der Waals surface area contributed by atoms with E-state index in [-0.39, 0.29) is 17.0 Å². The highest BCUT2D eigenvalue weighted by Gasteiger charge is 2.14. The number of ether oxygens (including phenoxy) is 1. The van der Waals surface area contributed by atoms with Crippen molar-refractivity contribution in [2.75, 3.05) is 13.7 Å². The lowest BCUT2D eigenvalue weighted by Crippen LogP contribution is -2.24. The number of carbonyl (C=O) groups is 2. The van der Waals surface area contributed by atoms with Crippen LogP contribution in [0.25, 0.3) is 0 Å². The number of amides is 1. The first kappa shape index (κ1) is 19.2. The SMILES string of the molecule is COC(=O)c1ccc(S(=O)(=O)NCC#Cc2ccc(C(N)=O)cc2)cc1. The van der Waals surface area contributed by atoms with Gasteiger partial charge in [0.2, 0.25) is 15.9 Å². The first-order valence-electron chi connectivity index (χ1n) is 7.40. The van der Waals surface area contributed by atoms with Gasteiger partial charge in [0.05, 0.1) is 24.1 Å². The number of rotatable bonds is 5. The fourth-order valence-electron chi connectivity index (χ4n) is 1.97. The molecular weight excluding hydrogens is 356 g/mol. The molecule has 2 aromatic rings. The van der Waals surface area contributed by atoms with Gasteiger partial charge in [0.1, 0.15) is 0 Å². The van der Waals surface area contributed by atoms with E-state index in [9.17, 15) is 18.0 Å². The predicted molar refractivity (Wildman–Crippen MR) is 94.8 cm³/mol. The molecule has 134 valence electrons. The van der Waals surface area contributed by atoms with Crippen molar-refractivity contribution in [2.45, 2.75) is 4.90 Å². The summed E-state index contributed by atoms with van der Waals surface area (Å²) in [5.41, 5.74) is 6.39. The largest absolute Gasteiger partial charge is 0.465 e. The summed E-state index contributed by atoms with van der Waals surface area (Å²) in [6, 6.07) is 11.7. The molecule has 0 heterocycles. The van der Waals surface area contributed by atoms with Gasteiger partial charge in [-0.1, -0.05) is 11.8 Å². The third-order valence-electron chi connectivity index (χ3n) is 3.34. The van der Waals surface area contributed by atoms with Gasteiger partial charge in [-0.25, -0.2) is 13.2 Å². The van der Waals surface area contributed by atoms with Crippen LogP contribution in [-0.4, -0.2) is 33.9 Å². The van der Waals surface area contributed by atoms with E-state index >= 15 is 0 Å². The van der Waals surface area contributed by atoms with E-state index in [2.05, 4.69) is 21.3 Å². The Hall–Kier alpha value is -3.15. The zero-order chi connectivity index (χ0) is 19.2. The van der Waals surface area contributed by atoms with Crippen LogP contribution in [0.4, 0.5) is 0 Å². The van der Waals surface area contributed by atoms with Crippen molar-refractivity contribution in [1.29, 1.82) is 0 Å². The maximum Gasteiger partial charge on any atom is 0.337 e. The minimum Gasteiger partial charge on any atom is -0.465 e. The molecule has 0 saturated heterocycles. The van der Waals surface area contributed by atoms with Crippen LogP contribution >= 0.6 is 0 Å². The fourth-order valence-corrected chi connectivity index (χ4v) is 2.89. The number of benzene rings is 2. The summed E-state index contributed by atoms with van der Waals surface area (Å²) in [7, 11) is -2.50. The zero-order valence-electron chi connectivity index (χ0n) is 13.9. The predicted octanol–water partition coefficient (Wildman–Crippen LogP) is 0.902. The minimum absolute atomic E-state index is 0.0118. The molecule has 0 unspecified atom stereocenters. The molecule has 0 aliphatic rings. The van der Waals surface area contributed by atoms with Gasteiger partial charge >= 0.3 is 5.97 Å². The summed E-state index contributed by atoms with van der Waals surface area (Å²) in [4.78, 5) is 22.3. The summed E-state index contributed by atoms with van der Waals surface area (Å²) >= 11 is 0. The molecule has 0 fully saturated rings. The van der Waals surface area contributed by atoms with Crippen LogP contribution in [0.15, 0.2) is 53.4 Å². The number of nitrogens with two attached hydrogens (primary N) is 1. The van der Waals surface area contributed by atoms with E-state index in [4.69, 9.17) is 5.73 Å². The number of primary amides is 1. The van der Waals surface area contributed by atoms with Gasteiger partial charge < -0.3 is 10.5 Å². The van der Waals surface area contributed by atoms with Gasteiger partial charge in [0, 0.05) is 11.1 Å². The van der Waals surface area contributed by atoms with Crippen LogP contribution in [0.2, 0.25) is 0 Å². The van der Waals surface area contributed by atoms with Gasteiger partial charge in [0.25, 0.3) is 0 Å². The second-order valence-corrected chi connectivity index (χ2v) is 6.85. The Morgan fingerprint density at radius 2 is 1.62 bits per heavy atom. The van der Waals surface area contributed by atoms with Gasteiger partial charge in [-0.3, -0.25) is 4.79 Å². The lowest BCUT2D eigenvalue weighted by molar-refractivity contribution is 0.0600. The smallest absolute Gasteiger partial charge is 0.337 e. The fraction of sp³-hybridized carbons (Fsp3) is 0.111. The molecule has 0 spiro atoms. The summed E-state index contributed by atoms with van der Waals surface area (Å²) in [6.07, 6.45) is 0. The van der Waals surface area contributed by atoms with Gasteiger partial charge in [0.15, 0.2) is 0 Å². The molecule has 0 saturated carbocycles. The van der Waals surface area contributed by atoms with Crippen LogP contribution in [-0.2, 0) is 14.8 Å². The molecule has 0 atom stereocenters. The molecule has 0 aromatic heterocycles. The maximum absolute atomic E-state index is 12.2. The van der Waals surface area contributed by atoms with Crippen molar-refractivity contribution < 1.29 is 22.7 Å². The van der Waals surface area contributed by atoms with Gasteiger partial charge in [-0.2, -0.15) is 4.72 Å². The second-order valence-electron chi connectivity index (χ2n) is 5.08. The van der Waals surface area contributed by atoms with E-state index < -0.39 is 21.9 Å². The Kier molecular flexibility index (Phi) is 6.11. The molecule has 7 nitrogen and oxygen atoms in total. The standard InChI is InChI=1S/C18H16N2O5S/c1-25-18(22)15-8-10-16(11-9-15)26(23,24)20-12-2-3-13-4-6-14(7-5-13)17(19)21/h4-11,20H,12H2,1H3,(H2,19,21). The first-order chi connectivity index (χ1) is 12.3. The number of methoxy groups -OCH3 is 1. The van der Waals surface area contributed by atoms with Gasteiger partial charge in [-0.15, -0.1) is 0 Å². The van der Waals surface area contributed by atoms with Crippen LogP contribution in [0.5, 0.6) is 0 Å². The van der Waals surface area contributed by atoms with E-state index in [1.54, 1.807) is 24.3 Å². The number of esters is 1. The lowest BCUT2D eigenvalue weighted by Gasteiger charge is -2.05. The van der Waals surface area contributed by atoms with E-state index in [1.807, 2.05) is 0 Å². The van der Waals surface area contributed by atoms with Crippen molar-refractivity contribution in [2.24, 2.45) is 5.73 Å². The van der Waals surface area contributed by atoms with Crippen molar-refractivity contribution in [3.05, 3.63) is 65.2 Å². The van der Waals surface area contributed by atoms with Crippen LogP contribution in [0.3, 0.4) is 0 Å². The van der Waals surface area contributed by atoms with Crippen LogP contribution in [0, 0.1) is 11.8 Å². The number of carbonyl (C=O) groups excluding carboxylic acids is 2. The lowest BCUT2D eigenvalue weighted by atomic mass is 10.1. The molecule has 26 heavy (non-hydrogen) atoms. The van der Waals surface area contributed by atoms with Crippen LogP contribution in [0.1, 0.15) is 26.3 Å². The monoisotopic (exact) mass is 372 g/mol. The summed E-state index contributed by atoms with van der Waals surface area (Å²) in [5, 5.41) is 0. The van der Waals surface area contributed by atoms with E-state index in [1.165, 1.54) is 31.4 Å². The number of sulfonamides is 1. The highest BCUT2D eigenvalue weighted by atomic mass is 32.2. The quantitative estimate of drug-likeness (QED) is 0.598. The first-order valence-corrected chi connectivity index (χ1v) is 8.88. The Morgan fingerprint density at radius 1 is 1.04 bits per heavy atom. The maximum atomic E-state index is 12.2. The highest BCUT2D eigenvalue weighted by Crippen LogP contribution is 2.11. The Balaban J connectivity index is 2.00. The molecule has 0 radical (unpaired) electrons. The zero-order valence-corrected chi connectivity index (χ0v) is 14.7. The van der Waals surface area contributed by atoms with Crippen molar-refractivity contribution >= 4 is 21.9 Å². The van der Waals surface area contributed by atoms with E-state index in [0.29, 0.717) is 11.1 Å². The topological polar surface area (TPSA) is 116 Å². The average Bonchev–Trinajstić information content (AvgIpc) is 2.65. The van der Waals surface area contributed by atoms with Crippen molar-refractivity contribution in [1.82, 2.24) is 4.72 Å². The number of hydrogen-bond donors (Lipinski definition) is 2. The summed E-state index contributed by atoms with van der Waals surface area (Å²) < 4.78 is 31.2. The molecule has 2 rings (SSSR count). The molecule has 0 aliphatic carbocycles. The third kappa shape index (κ3) is 4.92. The Morgan fingerprint density at radius 3 is 2.15 bits per heavy atom. The molecule has 0 bridgehead atoms. The normalized spacial score (nSPS) is 10.5. The van der Waals surface area contributed by atoms with Crippen molar-refractivity contribution in [3.8, 4) is 11.8 Å². The third-order valence-corrected chi connectivity index (χ3v) is 4.76. The minimum atomic E-state index is -3.75. The number of hydrogen-bond acceptors (Lipinski definition) is 5. The molecule has 1 amide bonds.